The summed E-state index contributed by atoms with van der Waals surface area (Å²) in [4.78, 5) is 19.0. The van der Waals surface area contributed by atoms with Crippen molar-refractivity contribution in [1.82, 2.24) is 29.8 Å². The summed E-state index contributed by atoms with van der Waals surface area (Å²) >= 11 is 0. The van der Waals surface area contributed by atoms with Crippen molar-refractivity contribution >= 4 is 28.4 Å². The predicted molar refractivity (Wildman–Crippen MR) is 137 cm³/mol. The standard InChI is InChI=1S/C25H37N7O4/c1-17(2)22(33)25(34)27-9-5-4-8-26-23-24-30-29-18(3)32(24)21-7-6-19(16-20(21)28-23)36-15-12-31-10-13-35-14-11-31/h6-7,16-17,22,33H,4-5,8-15H2,1-3H3,(H,26,28)(H,27,34)/t22-/m1/s1. The van der Waals surface area contributed by atoms with E-state index < -0.39 is 6.10 Å². The van der Waals surface area contributed by atoms with Crippen LogP contribution in [0, 0.1) is 12.8 Å². The molecule has 1 amide bonds. The third kappa shape index (κ3) is 6.40. The first-order valence-corrected chi connectivity index (χ1v) is 12.7. The molecule has 11 nitrogen and oxygen atoms in total. The van der Waals surface area contributed by atoms with Gasteiger partial charge in [-0.1, -0.05) is 13.8 Å². The number of aliphatic hydroxyl groups is 1. The van der Waals surface area contributed by atoms with E-state index in [4.69, 9.17) is 14.5 Å². The Kier molecular flexibility index (Phi) is 8.89. The van der Waals surface area contributed by atoms with E-state index in [1.54, 1.807) is 0 Å². The molecule has 0 bridgehead atoms. The summed E-state index contributed by atoms with van der Waals surface area (Å²) in [6, 6.07) is 5.90. The van der Waals surface area contributed by atoms with Gasteiger partial charge in [0.05, 0.1) is 24.2 Å². The molecule has 196 valence electrons. The second kappa shape index (κ2) is 12.3. The van der Waals surface area contributed by atoms with Crippen LogP contribution < -0.4 is 15.4 Å². The number of hydrogen-bond acceptors (Lipinski definition) is 9. The molecule has 1 aromatic carbocycles. The van der Waals surface area contributed by atoms with Crippen LogP contribution in [0.1, 0.15) is 32.5 Å². The lowest BCUT2D eigenvalue weighted by Crippen LogP contribution is -2.38. The Labute approximate surface area is 211 Å². The first-order chi connectivity index (χ1) is 17.4. The third-order valence-corrected chi connectivity index (χ3v) is 6.33. The predicted octanol–water partition coefficient (Wildman–Crippen LogP) is 1.62. The lowest BCUT2D eigenvalue weighted by molar-refractivity contribution is -0.131. The zero-order valence-electron chi connectivity index (χ0n) is 21.4. The number of anilines is 1. The summed E-state index contributed by atoms with van der Waals surface area (Å²) in [7, 11) is 0. The Morgan fingerprint density at radius 1 is 1.19 bits per heavy atom. The van der Waals surface area contributed by atoms with Crippen LogP contribution in [-0.4, -0.2) is 94.1 Å². The highest BCUT2D eigenvalue weighted by Gasteiger charge is 2.18. The van der Waals surface area contributed by atoms with Crippen LogP contribution >= 0.6 is 0 Å². The molecule has 0 radical (unpaired) electrons. The molecule has 3 aromatic rings. The van der Waals surface area contributed by atoms with Crippen LogP contribution in [0.15, 0.2) is 18.2 Å². The number of nitrogens with zero attached hydrogens (tertiary/aromatic N) is 5. The fourth-order valence-electron chi connectivity index (χ4n) is 4.16. The van der Waals surface area contributed by atoms with Gasteiger partial charge in [0.2, 0.25) is 11.6 Å². The zero-order valence-corrected chi connectivity index (χ0v) is 21.4. The first kappa shape index (κ1) is 26.1. The molecule has 11 heteroatoms. The van der Waals surface area contributed by atoms with E-state index in [9.17, 15) is 9.90 Å². The highest BCUT2D eigenvalue weighted by Crippen LogP contribution is 2.25. The van der Waals surface area contributed by atoms with Gasteiger partial charge in [0.25, 0.3) is 0 Å². The zero-order chi connectivity index (χ0) is 25.5. The van der Waals surface area contributed by atoms with Gasteiger partial charge in [-0.15, -0.1) is 10.2 Å². The quantitative estimate of drug-likeness (QED) is 0.319. The second-order valence-electron chi connectivity index (χ2n) is 9.43. The molecule has 0 saturated carbocycles. The second-order valence-corrected chi connectivity index (χ2v) is 9.43. The Morgan fingerprint density at radius 3 is 2.75 bits per heavy atom. The van der Waals surface area contributed by atoms with Gasteiger partial charge in [-0.2, -0.15) is 0 Å². The number of aryl methyl sites for hydroxylation is 1. The highest BCUT2D eigenvalue weighted by atomic mass is 16.5. The topological polar surface area (TPSA) is 126 Å². The maximum Gasteiger partial charge on any atom is 0.249 e. The number of fused-ring (bicyclic) bond motifs is 3. The van der Waals surface area contributed by atoms with Crippen molar-refractivity contribution in [3.8, 4) is 5.75 Å². The Morgan fingerprint density at radius 2 is 1.97 bits per heavy atom. The molecule has 0 unspecified atom stereocenters. The van der Waals surface area contributed by atoms with Crippen molar-refractivity contribution in [1.29, 1.82) is 0 Å². The number of benzene rings is 1. The molecule has 1 aliphatic heterocycles. The summed E-state index contributed by atoms with van der Waals surface area (Å²) in [5.74, 6) is 1.80. The molecule has 3 heterocycles. The maximum absolute atomic E-state index is 11.9. The van der Waals surface area contributed by atoms with E-state index >= 15 is 0 Å². The van der Waals surface area contributed by atoms with Crippen molar-refractivity contribution in [2.45, 2.75) is 39.7 Å². The van der Waals surface area contributed by atoms with E-state index in [0.717, 1.165) is 68.3 Å². The number of unbranched alkanes of at least 4 members (excludes halogenated alkanes) is 1. The first-order valence-electron chi connectivity index (χ1n) is 12.7. The number of carbonyl (C=O) groups excluding carboxylic acids is 1. The molecular formula is C25H37N7O4. The fraction of sp³-hybridized carbons (Fsp3) is 0.600. The molecule has 4 rings (SSSR count). The Bertz CT molecular complexity index is 1160. The van der Waals surface area contributed by atoms with Gasteiger partial charge in [-0.05, 0) is 37.8 Å². The normalized spacial score (nSPS) is 15.5. The number of nitrogens with one attached hydrogen (secondary N) is 2. The summed E-state index contributed by atoms with van der Waals surface area (Å²) in [5.41, 5.74) is 2.39. The summed E-state index contributed by atoms with van der Waals surface area (Å²) < 4.78 is 13.4. The van der Waals surface area contributed by atoms with Crippen molar-refractivity contribution in [3.05, 3.63) is 24.0 Å². The largest absolute Gasteiger partial charge is 0.492 e. The SMILES string of the molecule is Cc1nnc2c(NCCCCNC(=O)[C@H](O)C(C)C)nc3cc(OCCN4CCOCC4)ccc3n12. The molecule has 1 fully saturated rings. The van der Waals surface area contributed by atoms with Gasteiger partial charge in [-0.25, -0.2) is 4.98 Å². The molecule has 36 heavy (non-hydrogen) atoms. The van der Waals surface area contributed by atoms with Gasteiger partial charge in [0.1, 0.15) is 24.3 Å². The highest BCUT2D eigenvalue weighted by molar-refractivity contribution is 5.84. The molecule has 2 aromatic heterocycles. The number of rotatable bonds is 12. The molecule has 0 aliphatic carbocycles. The van der Waals surface area contributed by atoms with E-state index in [0.29, 0.717) is 31.2 Å². The van der Waals surface area contributed by atoms with Crippen molar-refractivity contribution < 1.29 is 19.4 Å². The van der Waals surface area contributed by atoms with Gasteiger partial charge in [0, 0.05) is 38.8 Å². The van der Waals surface area contributed by atoms with E-state index in [1.165, 1.54) is 0 Å². The van der Waals surface area contributed by atoms with Crippen LogP contribution in [0.5, 0.6) is 5.75 Å². The average molecular weight is 500 g/mol. The minimum atomic E-state index is -0.970. The molecule has 1 saturated heterocycles. The van der Waals surface area contributed by atoms with Crippen LogP contribution in [-0.2, 0) is 9.53 Å². The van der Waals surface area contributed by atoms with Crippen LogP contribution in [0.3, 0.4) is 0 Å². The number of amides is 1. The average Bonchev–Trinajstić information content (AvgIpc) is 3.27. The van der Waals surface area contributed by atoms with Crippen LogP contribution in [0.25, 0.3) is 16.7 Å². The van der Waals surface area contributed by atoms with Crippen LogP contribution in [0.2, 0.25) is 0 Å². The molecule has 1 aliphatic rings. The molecule has 0 spiro atoms. The van der Waals surface area contributed by atoms with Gasteiger partial charge < -0.3 is 25.2 Å². The number of carbonyl (C=O) groups is 1. The number of hydrogen-bond donors (Lipinski definition) is 3. The smallest absolute Gasteiger partial charge is 0.249 e. The maximum atomic E-state index is 11.9. The van der Waals surface area contributed by atoms with E-state index in [-0.39, 0.29) is 11.8 Å². The lowest BCUT2D eigenvalue weighted by Gasteiger charge is -2.26. The molecule has 3 N–H and O–H groups in total. The number of ether oxygens (including phenoxy) is 2. The number of morpholine rings is 1. The van der Waals surface area contributed by atoms with Crippen molar-refractivity contribution in [3.63, 3.8) is 0 Å². The van der Waals surface area contributed by atoms with Gasteiger partial charge in [0.15, 0.2) is 5.82 Å². The third-order valence-electron chi connectivity index (χ3n) is 6.33. The summed E-state index contributed by atoms with van der Waals surface area (Å²) in [5, 5.41) is 24.5. The Balaban J connectivity index is 1.36. The monoisotopic (exact) mass is 499 g/mol. The minimum absolute atomic E-state index is 0.102. The van der Waals surface area contributed by atoms with E-state index in [2.05, 4.69) is 25.7 Å². The minimum Gasteiger partial charge on any atom is -0.492 e. The Hall–Kier alpha value is -3.02. The van der Waals surface area contributed by atoms with Crippen molar-refractivity contribution in [2.75, 3.05) is 57.9 Å². The molecule has 1 atom stereocenters. The van der Waals surface area contributed by atoms with Gasteiger partial charge >= 0.3 is 0 Å². The fourth-order valence-corrected chi connectivity index (χ4v) is 4.16. The van der Waals surface area contributed by atoms with Gasteiger partial charge in [-0.3, -0.25) is 14.1 Å². The number of aliphatic hydroxyl groups excluding tert-OH is 1. The number of aromatic nitrogens is 4. The van der Waals surface area contributed by atoms with Crippen LogP contribution in [0.4, 0.5) is 5.82 Å². The lowest BCUT2D eigenvalue weighted by atomic mass is 10.1. The van der Waals surface area contributed by atoms with Crippen molar-refractivity contribution in [2.24, 2.45) is 5.92 Å². The van der Waals surface area contributed by atoms with E-state index in [1.807, 2.05) is 43.4 Å². The molecular weight excluding hydrogens is 462 g/mol. The summed E-state index contributed by atoms with van der Waals surface area (Å²) in [6.45, 7) is 11.6. The summed E-state index contributed by atoms with van der Waals surface area (Å²) in [6.07, 6.45) is 0.629.